The van der Waals surface area contributed by atoms with Gasteiger partial charge in [0.05, 0.1) is 18.1 Å². The van der Waals surface area contributed by atoms with Gasteiger partial charge in [-0.3, -0.25) is 9.63 Å². The predicted molar refractivity (Wildman–Crippen MR) is 45.6 cm³/mol. The minimum absolute atomic E-state index is 0.0616. The van der Waals surface area contributed by atoms with E-state index in [1.165, 1.54) is 5.06 Å². The Hall–Kier alpha value is -0.610. The van der Waals surface area contributed by atoms with Crippen molar-refractivity contribution in [1.29, 1.82) is 0 Å². The molecule has 0 radical (unpaired) electrons. The van der Waals surface area contributed by atoms with E-state index in [1.807, 2.05) is 6.92 Å². The van der Waals surface area contributed by atoms with Crippen LogP contribution in [0.3, 0.4) is 0 Å². The lowest BCUT2D eigenvalue weighted by atomic mass is 10.0. The fraction of sp³-hybridized carbons (Fsp3) is 0.889. The van der Waals surface area contributed by atoms with Crippen LogP contribution in [0.2, 0.25) is 0 Å². The quantitative estimate of drug-likeness (QED) is 0.673. The second-order valence-electron chi connectivity index (χ2n) is 3.95. The van der Waals surface area contributed by atoms with Crippen LogP contribution < -0.4 is 0 Å². The molecule has 1 N–H and O–H groups in total. The number of rotatable bonds is 2. The molecule has 2 fully saturated rings. The molecule has 13 heavy (non-hydrogen) atoms. The summed E-state index contributed by atoms with van der Waals surface area (Å²) < 4.78 is 0. The molecule has 0 spiro atoms. The molecule has 0 aromatic heterocycles. The van der Waals surface area contributed by atoms with Crippen LogP contribution in [0.4, 0.5) is 0 Å². The summed E-state index contributed by atoms with van der Waals surface area (Å²) in [5, 5.41) is 10.5. The molecule has 1 atom stereocenters. The van der Waals surface area contributed by atoms with E-state index in [4.69, 9.17) is 4.84 Å². The highest BCUT2D eigenvalue weighted by Crippen LogP contribution is 2.50. The molecule has 0 unspecified atom stereocenters. The van der Waals surface area contributed by atoms with Gasteiger partial charge >= 0.3 is 0 Å². The van der Waals surface area contributed by atoms with Gasteiger partial charge in [0.15, 0.2) is 0 Å². The minimum Gasteiger partial charge on any atom is -0.389 e. The largest absolute Gasteiger partial charge is 0.389 e. The summed E-state index contributed by atoms with van der Waals surface area (Å²) in [6.07, 6.45) is 2.31. The summed E-state index contributed by atoms with van der Waals surface area (Å²) in [7, 11) is 0. The minimum atomic E-state index is -0.503. The van der Waals surface area contributed by atoms with Gasteiger partial charge in [0.2, 0.25) is 0 Å². The molecule has 0 aromatic rings. The number of aliphatic hydroxyl groups excluding tert-OH is 1. The fourth-order valence-corrected chi connectivity index (χ4v) is 1.75. The average Bonchev–Trinajstić information content (AvgIpc) is 2.82. The van der Waals surface area contributed by atoms with Crippen molar-refractivity contribution in [3.8, 4) is 0 Å². The van der Waals surface area contributed by atoms with Crippen molar-refractivity contribution in [2.24, 2.45) is 5.41 Å². The van der Waals surface area contributed by atoms with Crippen LogP contribution in [0.5, 0.6) is 0 Å². The molecule has 0 aromatic carbocycles. The zero-order valence-corrected chi connectivity index (χ0v) is 7.82. The molecule has 1 heterocycles. The lowest BCUT2D eigenvalue weighted by Crippen LogP contribution is -2.35. The SMILES string of the molecule is CCC1(C(=O)N2C[C@@H](O)CO2)CC1. The van der Waals surface area contributed by atoms with E-state index in [9.17, 15) is 9.90 Å². The van der Waals surface area contributed by atoms with Crippen LogP contribution in [0.25, 0.3) is 0 Å². The topological polar surface area (TPSA) is 49.8 Å². The van der Waals surface area contributed by atoms with Crippen molar-refractivity contribution >= 4 is 5.91 Å². The summed E-state index contributed by atoms with van der Waals surface area (Å²) in [4.78, 5) is 16.9. The molecule has 1 saturated carbocycles. The van der Waals surface area contributed by atoms with Gasteiger partial charge in [-0.05, 0) is 19.3 Å². The number of carbonyl (C=O) groups excluding carboxylic acids is 1. The second-order valence-corrected chi connectivity index (χ2v) is 3.95. The smallest absolute Gasteiger partial charge is 0.252 e. The van der Waals surface area contributed by atoms with E-state index in [0.717, 1.165) is 19.3 Å². The third-order valence-electron chi connectivity index (χ3n) is 3.01. The van der Waals surface area contributed by atoms with Gasteiger partial charge in [0.1, 0.15) is 6.61 Å². The van der Waals surface area contributed by atoms with Crippen molar-refractivity contribution in [1.82, 2.24) is 5.06 Å². The van der Waals surface area contributed by atoms with E-state index >= 15 is 0 Å². The Morgan fingerprint density at radius 2 is 2.38 bits per heavy atom. The molecule has 74 valence electrons. The molecule has 2 rings (SSSR count). The molecule has 4 heteroatoms. The van der Waals surface area contributed by atoms with E-state index in [0.29, 0.717) is 6.54 Å². The van der Waals surface area contributed by atoms with Gasteiger partial charge in [0, 0.05) is 0 Å². The Labute approximate surface area is 77.4 Å². The van der Waals surface area contributed by atoms with Gasteiger partial charge in [-0.15, -0.1) is 0 Å². The molecule has 4 nitrogen and oxygen atoms in total. The van der Waals surface area contributed by atoms with Gasteiger partial charge in [-0.1, -0.05) is 6.92 Å². The third-order valence-corrected chi connectivity index (χ3v) is 3.01. The summed E-state index contributed by atoms with van der Waals surface area (Å²) >= 11 is 0. The normalized spacial score (nSPS) is 30.6. The van der Waals surface area contributed by atoms with E-state index < -0.39 is 6.10 Å². The standard InChI is InChI=1S/C9H15NO3/c1-2-9(3-4-9)8(12)10-5-7(11)6-13-10/h7,11H,2-6H2,1H3/t7-/m1/s1. The number of carbonyl (C=O) groups is 1. The Morgan fingerprint density at radius 1 is 1.69 bits per heavy atom. The van der Waals surface area contributed by atoms with Gasteiger partial charge in [-0.25, -0.2) is 5.06 Å². The maximum Gasteiger partial charge on any atom is 0.252 e. The van der Waals surface area contributed by atoms with Crippen LogP contribution in [0, 0.1) is 5.41 Å². The molecule has 2 aliphatic rings. The molecule has 1 saturated heterocycles. The first-order chi connectivity index (χ1) is 6.18. The second kappa shape index (κ2) is 2.96. The van der Waals surface area contributed by atoms with Crippen LogP contribution in [-0.4, -0.2) is 35.3 Å². The number of hydrogen-bond donors (Lipinski definition) is 1. The van der Waals surface area contributed by atoms with E-state index in [2.05, 4.69) is 0 Å². The first-order valence-corrected chi connectivity index (χ1v) is 4.81. The number of hydroxylamine groups is 2. The Balaban J connectivity index is 1.98. The number of nitrogens with zero attached hydrogens (tertiary/aromatic N) is 1. The summed E-state index contributed by atoms with van der Waals surface area (Å²) in [5.41, 5.74) is -0.149. The first kappa shape index (κ1) is 8.97. The zero-order valence-electron chi connectivity index (χ0n) is 7.82. The van der Waals surface area contributed by atoms with Gasteiger partial charge in [-0.2, -0.15) is 0 Å². The van der Waals surface area contributed by atoms with E-state index in [-0.39, 0.29) is 17.9 Å². The van der Waals surface area contributed by atoms with Crippen LogP contribution in [0.1, 0.15) is 26.2 Å². The third kappa shape index (κ3) is 1.44. The first-order valence-electron chi connectivity index (χ1n) is 4.81. The Bertz CT molecular complexity index is 225. The molecular formula is C9H15NO3. The number of aliphatic hydroxyl groups is 1. The number of amides is 1. The monoisotopic (exact) mass is 185 g/mol. The fourth-order valence-electron chi connectivity index (χ4n) is 1.75. The van der Waals surface area contributed by atoms with Crippen molar-refractivity contribution in [2.45, 2.75) is 32.3 Å². The van der Waals surface area contributed by atoms with E-state index in [1.54, 1.807) is 0 Å². The molecule has 1 amide bonds. The lowest BCUT2D eigenvalue weighted by molar-refractivity contribution is -0.175. The summed E-state index contributed by atoms with van der Waals surface area (Å²) in [6.45, 7) is 2.61. The molecule has 0 bridgehead atoms. The molecule has 1 aliphatic heterocycles. The lowest BCUT2D eigenvalue weighted by Gasteiger charge is -2.19. The van der Waals surface area contributed by atoms with Crippen molar-refractivity contribution in [3.05, 3.63) is 0 Å². The van der Waals surface area contributed by atoms with Crippen molar-refractivity contribution in [2.75, 3.05) is 13.2 Å². The molecule has 1 aliphatic carbocycles. The van der Waals surface area contributed by atoms with Crippen molar-refractivity contribution in [3.63, 3.8) is 0 Å². The van der Waals surface area contributed by atoms with Crippen molar-refractivity contribution < 1.29 is 14.7 Å². The van der Waals surface area contributed by atoms with Gasteiger partial charge < -0.3 is 5.11 Å². The Kier molecular flexibility index (Phi) is 2.04. The maximum absolute atomic E-state index is 11.8. The number of β-amino-alcohol motifs (C(OH)–C–C–N with tert-alkyl or cyclic N) is 1. The predicted octanol–water partition coefficient (Wildman–Crippen LogP) is 0.311. The van der Waals surface area contributed by atoms with Crippen LogP contribution >= 0.6 is 0 Å². The Morgan fingerprint density at radius 3 is 2.77 bits per heavy atom. The molecular weight excluding hydrogens is 170 g/mol. The number of hydrogen-bond acceptors (Lipinski definition) is 3. The summed E-state index contributed by atoms with van der Waals surface area (Å²) in [5.74, 6) is 0.0616. The highest BCUT2D eigenvalue weighted by molar-refractivity contribution is 5.84. The highest BCUT2D eigenvalue weighted by atomic mass is 16.7. The maximum atomic E-state index is 11.8. The summed E-state index contributed by atoms with van der Waals surface area (Å²) in [6, 6.07) is 0. The van der Waals surface area contributed by atoms with Crippen LogP contribution in [0.15, 0.2) is 0 Å². The highest BCUT2D eigenvalue weighted by Gasteiger charge is 2.51. The zero-order chi connectivity index (χ0) is 9.47. The van der Waals surface area contributed by atoms with Gasteiger partial charge in [0.25, 0.3) is 5.91 Å². The van der Waals surface area contributed by atoms with Crippen LogP contribution in [-0.2, 0) is 9.63 Å². The average molecular weight is 185 g/mol.